The molecule has 1 rings (SSSR count). The van der Waals surface area contributed by atoms with Gasteiger partial charge in [0.05, 0.1) is 6.04 Å². The molecule has 1 aromatic carbocycles. The van der Waals surface area contributed by atoms with E-state index < -0.39 is 12.0 Å². The molecular formula is C11H15BrN2O2. The Kier molecular flexibility index (Phi) is 4.46. The highest BCUT2D eigenvalue weighted by Gasteiger charge is 2.27. The van der Waals surface area contributed by atoms with Crippen LogP contribution in [0.5, 0.6) is 0 Å². The number of aliphatic carboxylic acids is 1. The van der Waals surface area contributed by atoms with Crippen molar-refractivity contribution in [1.82, 2.24) is 4.90 Å². The van der Waals surface area contributed by atoms with Crippen LogP contribution in [0.25, 0.3) is 0 Å². The summed E-state index contributed by atoms with van der Waals surface area (Å²) >= 11 is 3.36. The molecular weight excluding hydrogens is 272 g/mol. The third-order valence-electron chi connectivity index (χ3n) is 2.37. The van der Waals surface area contributed by atoms with E-state index in [1.807, 2.05) is 38.4 Å². The third kappa shape index (κ3) is 3.04. The second kappa shape index (κ2) is 5.43. The van der Waals surface area contributed by atoms with E-state index >= 15 is 0 Å². The number of carboxylic acid groups (broad SMARTS) is 1. The molecule has 0 saturated carbocycles. The summed E-state index contributed by atoms with van der Waals surface area (Å²) in [6.45, 7) is 0. The van der Waals surface area contributed by atoms with E-state index in [1.165, 1.54) is 0 Å². The molecule has 16 heavy (non-hydrogen) atoms. The van der Waals surface area contributed by atoms with Crippen molar-refractivity contribution < 1.29 is 9.90 Å². The first-order valence-electron chi connectivity index (χ1n) is 4.83. The summed E-state index contributed by atoms with van der Waals surface area (Å²) < 4.78 is 0.912. The lowest BCUT2D eigenvalue weighted by Gasteiger charge is -2.28. The van der Waals surface area contributed by atoms with E-state index in [-0.39, 0.29) is 6.04 Å². The first-order valence-corrected chi connectivity index (χ1v) is 5.63. The predicted molar refractivity (Wildman–Crippen MR) is 66.2 cm³/mol. The van der Waals surface area contributed by atoms with Crippen molar-refractivity contribution >= 4 is 21.9 Å². The average Bonchev–Trinajstić information content (AvgIpc) is 2.17. The highest BCUT2D eigenvalue weighted by atomic mass is 79.9. The van der Waals surface area contributed by atoms with Crippen LogP contribution in [-0.2, 0) is 4.79 Å². The zero-order chi connectivity index (χ0) is 12.3. The van der Waals surface area contributed by atoms with Gasteiger partial charge in [-0.05, 0) is 31.8 Å². The van der Waals surface area contributed by atoms with Crippen molar-refractivity contribution in [1.29, 1.82) is 0 Å². The van der Waals surface area contributed by atoms with Gasteiger partial charge < -0.3 is 15.7 Å². The SMILES string of the molecule is CN(C)C(c1cccc(Br)c1)C(N)C(=O)O. The smallest absolute Gasteiger partial charge is 0.322 e. The molecule has 0 radical (unpaired) electrons. The Balaban J connectivity index is 3.07. The number of rotatable bonds is 4. The number of hydrogen-bond donors (Lipinski definition) is 2. The molecule has 0 saturated heterocycles. The molecule has 0 spiro atoms. The van der Waals surface area contributed by atoms with Gasteiger partial charge in [0.15, 0.2) is 0 Å². The van der Waals surface area contributed by atoms with E-state index in [9.17, 15) is 4.79 Å². The molecule has 0 amide bonds. The molecule has 5 heteroatoms. The van der Waals surface area contributed by atoms with Gasteiger partial charge in [0.2, 0.25) is 0 Å². The van der Waals surface area contributed by atoms with Gasteiger partial charge in [-0.1, -0.05) is 28.1 Å². The first-order chi connectivity index (χ1) is 7.43. The third-order valence-corrected chi connectivity index (χ3v) is 2.87. The second-order valence-electron chi connectivity index (χ2n) is 3.83. The van der Waals surface area contributed by atoms with E-state index in [4.69, 9.17) is 10.8 Å². The minimum atomic E-state index is -1.00. The molecule has 88 valence electrons. The standard InChI is InChI=1S/C11H15BrN2O2/c1-14(2)10(9(13)11(15)16)7-4-3-5-8(12)6-7/h3-6,9-10H,13H2,1-2H3,(H,15,16). The summed E-state index contributed by atoms with van der Waals surface area (Å²) in [5.74, 6) is -1.00. The van der Waals surface area contributed by atoms with Gasteiger partial charge in [0, 0.05) is 4.47 Å². The maximum Gasteiger partial charge on any atom is 0.322 e. The summed E-state index contributed by atoms with van der Waals surface area (Å²) in [7, 11) is 3.63. The maximum absolute atomic E-state index is 10.9. The van der Waals surface area contributed by atoms with Gasteiger partial charge in [-0.25, -0.2) is 0 Å². The Bertz CT molecular complexity index is 382. The number of likely N-dealkylation sites (N-methyl/N-ethyl adjacent to an activating group) is 1. The second-order valence-corrected chi connectivity index (χ2v) is 4.74. The van der Waals surface area contributed by atoms with Gasteiger partial charge in [0.1, 0.15) is 6.04 Å². The first kappa shape index (κ1) is 13.2. The molecule has 4 nitrogen and oxygen atoms in total. The van der Waals surface area contributed by atoms with Crippen molar-refractivity contribution in [3.63, 3.8) is 0 Å². The molecule has 0 aliphatic heterocycles. The van der Waals surface area contributed by atoms with Crippen molar-refractivity contribution in [3.05, 3.63) is 34.3 Å². The van der Waals surface area contributed by atoms with Gasteiger partial charge in [-0.15, -0.1) is 0 Å². The van der Waals surface area contributed by atoms with Crippen LogP contribution < -0.4 is 5.73 Å². The molecule has 0 fully saturated rings. The molecule has 0 aromatic heterocycles. The summed E-state index contributed by atoms with van der Waals surface area (Å²) in [6, 6.07) is 6.23. The van der Waals surface area contributed by atoms with Gasteiger partial charge in [-0.2, -0.15) is 0 Å². The molecule has 3 N–H and O–H groups in total. The molecule has 1 aromatic rings. The molecule has 0 aliphatic carbocycles. The Morgan fingerprint density at radius 1 is 1.50 bits per heavy atom. The lowest BCUT2D eigenvalue weighted by Crippen LogP contribution is -2.43. The lowest BCUT2D eigenvalue weighted by molar-refractivity contribution is -0.140. The number of nitrogens with zero attached hydrogens (tertiary/aromatic N) is 1. The van der Waals surface area contributed by atoms with E-state index in [2.05, 4.69) is 15.9 Å². The highest BCUT2D eigenvalue weighted by molar-refractivity contribution is 9.10. The van der Waals surface area contributed by atoms with Gasteiger partial charge in [0.25, 0.3) is 0 Å². The zero-order valence-electron chi connectivity index (χ0n) is 9.22. The van der Waals surface area contributed by atoms with Crippen LogP contribution in [0.4, 0.5) is 0 Å². The largest absolute Gasteiger partial charge is 0.480 e. The van der Waals surface area contributed by atoms with E-state index in [0.717, 1.165) is 10.0 Å². The molecule has 2 atom stereocenters. The predicted octanol–water partition coefficient (Wildman–Crippen LogP) is 1.46. The molecule has 2 unspecified atom stereocenters. The van der Waals surface area contributed by atoms with Crippen LogP contribution in [0.2, 0.25) is 0 Å². The van der Waals surface area contributed by atoms with Crippen LogP contribution in [0.3, 0.4) is 0 Å². The minimum Gasteiger partial charge on any atom is -0.480 e. The fraction of sp³-hybridized carbons (Fsp3) is 0.364. The Morgan fingerprint density at radius 3 is 2.56 bits per heavy atom. The average molecular weight is 287 g/mol. The molecule has 0 heterocycles. The number of carboxylic acids is 1. The quantitative estimate of drug-likeness (QED) is 0.880. The minimum absolute atomic E-state index is 0.338. The van der Waals surface area contributed by atoms with Crippen LogP contribution in [0.15, 0.2) is 28.7 Å². The van der Waals surface area contributed by atoms with E-state index in [0.29, 0.717) is 0 Å². The van der Waals surface area contributed by atoms with Crippen molar-refractivity contribution in [2.75, 3.05) is 14.1 Å². The zero-order valence-corrected chi connectivity index (χ0v) is 10.8. The summed E-state index contributed by atoms with van der Waals surface area (Å²) in [6.07, 6.45) is 0. The van der Waals surface area contributed by atoms with Crippen LogP contribution in [0, 0.1) is 0 Å². The topological polar surface area (TPSA) is 66.6 Å². The summed E-state index contributed by atoms with van der Waals surface area (Å²) in [5.41, 5.74) is 6.57. The van der Waals surface area contributed by atoms with Crippen molar-refractivity contribution in [3.8, 4) is 0 Å². The Hall–Kier alpha value is -0.910. The fourth-order valence-electron chi connectivity index (χ4n) is 1.65. The fourth-order valence-corrected chi connectivity index (χ4v) is 2.07. The molecule has 0 bridgehead atoms. The molecule has 0 aliphatic rings. The van der Waals surface area contributed by atoms with Crippen LogP contribution >= 0.6 is 15.9 Å². The number of halogens is 1. The summed E-state index contributed by atoms with van der Waals surface area (Å²) in [4.78, 5) is 12.7. The Morgan fingerprint density at radius 2 is 2.12 bits per heavy atom. The number of benzene rings is 1. The summed E-state index contributed by atoms with van der Waals surface area (Å²) in [5, 5.41) is 8.97. The Labute approximate surface area is 103 Å². The lowest BCUT2D eigenvalue weighted by atomic mass is 9.99. The van der Waals surface area contributed by atoms with Gasteiger partial charge in [-0.3, -0.25) is 4.79 Å². The highest BCUT2D eigenvalue weighted by Crippen LogP contribution is 2.24. The van der Waals surface area contributed by atoms with Gasteiger partial charge >= 0.3 is 5.97 Å². The number of hydrogen-bond acceptors (Lipinski definition) is 3. The van der Waals surface area contributed by atoms with E-state index in [1.54, 1.807) is 4.90 Å². The van der Waals surface area contributed by atoms with Crippen molar-refractivity contribution in [2.24, 2.45) is 5.73 Å². The monoisotopic (exact) mass is 286 g/mol. The van der Waals surface area contributed by atoms with Crippen LogP contribution in [0.1, 0.15) is 11.6 Å². The normalized spacial score (nSPS) is 14.8. The number of carbonyl (C=O) groups is 1. The maximum atomic E-state index is 10.9. The van der Waals surface area contributed by atoms with Crippen LogP contribution in [-0.4, -0.2) is 36.1 Å². The van der Waals surface area contributed by atoms with Crippen molar-refractivity contribution in [2.45, 2.75) is 12.1 Å². The number of nitrogens with two attached hydrogens (primary N) is 1.